The molecule has 218 valence electrons. The van der Waals surface area contributed by atoms with Gasteiger partial charge in [-0.1, -0.05) is 20.3 Å². The van der Waals surface area contributed by atoms with Crippen LogP contribution in [0.25, 0.3) is 0 Å². The van der Waals surface area contributed by atoms with Gasteiger partial charge in [0.15, 0.2) is 0 Å². The van der Waals surface area contributed by atoms with E-state index in [0.717, 1.165) is 42.0 Å². The summed E-state index contributed by atoms with van der Waals surface area (Å²) >= 11 is -5.55. The molecular formula is C30H53Cl2I2NO2. The van der Waals surface area contributed by atoms with E-state index >= 15 is 0 Å². The molecule has 0 N–H and O–H groups in total. The van der Waals surface area contributed by atoms with E-state index in [9.17, 15) is 0 Å². The fourth-order valence-electron chi connectivity index (χ4n) is 3.02. The zero-order valence-electron chi connectivity index (χ0n) is 25.0. The molecule has 0 aliphatic rings. The van der Waals surface area contributed by atoms with Gasteiger partial charge < -0.3 is 0 Å². The van der Waals surface area contributed by atoms with Crippen LogP contribution in [0.5, 0.6) is 5.75 Å². The molecule has 1 atom stereocenters. The Kier molecular flexibility index (Phi) is 21.7. The van der Waals surface area contributed by atoms with Crippen LogP contribution in [0, 0.1) is 0 Å². The molecule has 1 aromatic rings. The molecule has 0 saturated heterocycles. The van der Waals surface area contributed by atoms with Crippen LogP contribution in [0.2, 0.25) is 0 Å². The van der Waals surface area contributed by atoms with E-state index in [1.54, 1.807) is 7.11 Å². The Bertz CT molecular complexity index is 853. The first-order chi connectivity index (χ1) is 17.4. The number of hydrogen-bond donors (Lipinski definition) is 0. The summed E-state index contributed by atoms with van der Waals surface area (Å²) in [5.41, 5.74) is 3.20. The average molecular weight is 784 g/mol. The van der Waals surface area contributed by atoms with Gasteiger partial charge >= 0.3 is 210 Å². The summed E-state index contributed by atoms with van der Waals surface area (Å²) in [7, 11) is 14.9. The molecule has 0 heterocycles. The minimum absolute atomic E-state index is 0.394. The standard InChI is InChI=1S/C25H41Cl2I2NO2.C3H8.C2H4/c1-9-12-14-20(4)24-16-13-15-21(25(24)32-29(5,6,7)28(26)27)19-30-22(10-2)17-18-23(11-3)31-8;1-3-2;1-2/h13,15-20H,9-12,14H2,1-8H3;3H2,1-2H3;1-2H2/b22-17+,23-18+,30-19?;;. The third-order valence-electron chi connectivity index (χ3n) is 5.11. The Labute approximate surface area is 241 Å². The number of allylic oxidation sites excluding steroid dienone is 4. The topological polar surface area (TPSA) is 30.8 Å². The van der Waals surface area contributed by atoms with Gasteiger partial charge in [0.05, 0.1) is 0 Å². The molecule has 0 aliphatic heterocycles. The van der Waals surface area contributed by atoms with Crippen LogP contribution in [0.1, 0.15) is 97.1 Å². The Morgan fingerprint density at radius 2 is 1.65 bits per heavy atom. The van der Waals surface area contributed by atoms with Crippen LogP contribution >= 0.6 is 44.9 Å². The molecule has 0 radical (unpaired) electrons. The summed E-state index contributed by atoms with van der Waals surface area (Å²) in [5, 5.41) is 0. The second-order valence-corrected chi connectivity index (χ2v) is 58.0. The molecule has 0 bridgehead atoms. The Morgan fingerprint density at radius 1 is 1.05 bits per heavy atom. The predicted molar refractivity (Wildman–Crippen MR) is 191 cm³/mol. The Morgan fingerprint density at radius 3 is 2.11 bits per heavy atom. The van der Waals surface area contributed by atoms with Crippen LogP contribution < -0.4 is 3.07 Å². The molecule has 0 amide bonds. The summed E-state index contributed by atoms with van der Waals surface area (Å²) in [6.45, 7) is 18.9. The molecular weight excluding hydrogens is 731 g/mol. The number of benzene rings is 1. The summed E-state index contributed by atoms with van der Waals surface area (Å²) in [6.07, 6.45) is 12.4. The van der Waals surface area contributed by atoms with Crippen LogP contribution in [-0.4, -0.2) is 28.1 Å². The maximum absolute atomic E-state index is 6.86. The van der Waals surface area contributed by atoms with Gasteiger partial charge in [-0.15, -0.1) is 13.2 Å². The van der Waals surface area contributed by atoms with E-state index in [4.69, 9.17) is 30.6 Å². The summed E-state index contributed by atoms with van der Waals surface area (Å²) in [5.74, 6) is 2.25. The number of nitrogens with zero attached hydrogens (tertiary/aromatic N) is 1. The van der Waals surface area contributed by atoms with Crippen molar-refractivity contribution in [3.63, 3.8) is 0 Å². The minimum atomic E-state index is -3.36. The number of halogens is 4. The number of ether oxygens (including phenoxy) is 1. The van der Waals surface area contributed by atoms with Crippen molar-refractivity contribution in [1.82, 2.24) is 0 Å². The zero-order valence-corrected chi connectivity index (χ0v) is 30.8. The van der Waals surface area contributed by atoms with Crippen molar-refractivity contribution in [2.75, 3.05) is 21.9 Å². The first-order valence-corrected chi connectivity index (χ1v) is 32.1. The third kappa shape index (κ3) is 15.2. The van der Waals surface area contributed by atoms with Gasteiger partial charge in [0, 0.05) is 0 Å². The maximum atomic E-state index is 6.86. The quantitative estimate of drug-likeness (QED) is 0.0498. The Hall–Kier alpha value is -0.250. The van der Waals surface area contributed by atoms with E-state index in [2.05, 4.69) is 87.7 Å². The van der Waals surface area contributed by atoms with Crippen LogP contribution in [-0.2, 0) is 4.74 Å². The monoisotopic (exact) mass is 783 g/mol. The molecule has 1 aromatic carbocycles. The van der Waals surface area contributed by atoms with E-state index in [-0.39, 0.29) is 0 Å². The van der Waals surface area contributed by atoms with Crippen molar-refractivity contribution < 1.29 is 7.80 Å². The average Bonchev–Trinajstić information content (AvgIpc) is 2.86. The van der Waals surface area contributed by atoms with Gasteiger partial charge in [0.1, 0.15) is 0 Å². The normalized spacial score (nSPS) is 14.4. The summed E-state index contributed by atoms with van der Waals surface area (Å²) in [6, 6.07) is 6.36. The number of methoxy groups -OCH3 is 1. The van der Waals surface area contributed by atoms with Gasteiger partial charge in [0.2, 0.25) is 0 Å². The number of rotatable bonds is 13. The molecule has 7 heteroatoms. The van der Waals surface area contributed by atoms with Crippen molar-refractivity contribution in [3.05, 3.63) is 66.1 Å². The van der Waals surface area contributed by atoms with E-state index in [0.29, 0.717) is 5.92 Å². The molecule has 1 rings (SSSR count). The second kappa shape index (κ2) is 20.6. The van der Waals surface area contributed by atoms with Crippen molar-refractivity contribution in [3.8, 4) is 5.75 Å². The fourth-order valence-corrected chi connectivity index (χ4v) is 9.09. The van der Waals surface area contributed by atoms with E-state index in [1.807, 2.05) is 18.4 Å². The number of hydrogen-bond acceptors (Lipinski definition) is 3. The fraction of sp³-hybridized carbons (Fsp3) is 0.567. The van der Waals surface area contributed by atoms with Gasteiger partial charge in [-0.25, -0.2) is 0 Å². The van der Waals surface area contributed by atoms with Crippen molar-refractivity contribution in [2.24, 2.45) is 4.99 Å². The van der Waals surface area contributed by atoms with Crippen molar-refractivity contribution >= 4 is 51.1 Å². The first-order valence-electron chi connectivity index (χ1n) is 13.0. The predicted octanol–water partition coefficient (Wildman–Crippen LogP) is 12.3. The SMILES string of the molecule is C=C.CCC.CCCCC(C)c1cccc(C=N/C(=C/C=C(\CC)OC)CC)c1OI(C)(C)(C)I(Cl)Cl. The molecule has 0 aromatic heterocycles. The summed E-state index contributed by atoms with van der Waals surface area (Å²) < 4.78 is 12.2. The number of aliphatic imine (C=N–C) groups is 1. The van der Waals surface area contributed by atoms with Gasteiger partial charge in [-0.3, -0.25) is 0 Å². The first kappa shape index (κ1) is 38.9. The van der Waals surface area contributed by atoms with Gasteiger partial charge in [-0.05, 0) is 0 Å². The zero-order chi connectivity index (χ0) is 29.1. The molecule has 0 spiro atoms. The molecule has 3 nitrogen and oxygen atoms in total. The Balaban J connectivity index is 0. The number of alkyl halides is 3. The molecule has 0 fully saturated rings. The number of para-hydroxylation sites is 1. The number of unbranched alkanes of at least 4 members (excludes halogenated alkanes) is 1. The van der Waals surface area contributed by atoms with Crippen LogP contribution in [0.4, 0.5) is 0 Å². The van der Waals surface area contributed by atoms with Gasteiger partial charge in [0.25, 0.3) is 0 Å². The molecule has 37 heavy (non-hydrogen) atoms. The second-order valence-electron chi connectivity index (χ2n) is 9.30. The van der Waals surface area contributed by atoms with Crippen LogP contribution in [0.15, 0.2) is 60.0 Å². The van der Waals surface area contributed by atoms with E-state index < -0.39 is 27.1 Å². The van der Waals surface area contributed by atoms with Crippen molar-refractivity contribution in [2.45, 2.75) is 86.0 Å². The van der Waals surface area contributed by atoms with Gasteiger partial charge in [-0.2, -0.15) is 0 Å². The molecule has 0 aliphatic carbocycles. The molecule has 1 unspecified atom stereocenters. The summed E-state index contributed by atoms with van der Waals surface area (Å²) in [4.78, 5) is 11.3. The third-order valence-corrected chi connectivity index (χ3v) is 57.5. The van der Waals surface area contributed by atoms with Crippen molar-refractivity contribution in [1.29, 1.82) is 0 Å². The van der Waals surface area contributed by atoms with Crippen LogP contribution in [0.3, 0.4) is 0 Å². The molecule has 0 saturated carbocycles. The van der Waals surface area contributed by atoms with E-state index in [1.165, 1.54) is 24.8 Å².